The molecule has 7 nitrogen and oxygen atoms in total. The van der Waals surface area contributed by atoms with Crippen molar-refractivity contribution in [1.82, 2.24) is 19.9 Å². The summed E-state index contributed by atoms with van der Waals surface area (Å²) in [5.74, 6) is 1.22. The standard InChI is InChI=1S/C41H37N7.C2H6/c1-6-13-29(24-43)40-46-39(26(3)15-12-23-42)47-41(48-40)38(44-5)32-19-10-9-17-30(32)27(4)37-33-22-21-28-16-7-8-18-31(28)36(33)35-25(2)14-11-20-34(35)45-37;1-2/h6-11,13-22,24,43H,1,4,12,23,42H2,2-3,5H3;1-2H3/b26-15+,29-13+,43-24?,44-38?;. The number of nitrogens with zero attached hydrogens (tertiary/aromatic N) is 5. The third-order valence-corrected chi connectivity index (χ3v) is 8.46. The van der Waals surface area contributed by atoms with Gasteiger partial charge in [0.2, 0.25) is 0 Å². The third kappa shape index (κ3) is 6.81. The highest BCUT2D eigenvalue weighted by Crippen LogP contribution is 2.38. The minimum absolute atomic E-state index is 0.354. The van der Waals surface area contributed by atoms with E-state index in [0.29, 0.717) is 41.7 Å². The van der Waals surface area contributed by atoms with Crippen LogP contribution in [-0.4, -0.2) is 45.5 Å². The number of benzene rings is 4. The smallest absolute Gasteiger partial charge is 0.182 e. The first-order valence-corrected chi connectivity index (χ1v) is 16.8. The molecule has 250 valence electrons. The van der Waals surface area contributed by atoms with Gasteiger partial charge in [-0.25, -0.2) is 19.9 Å². The molecule has 4 aromatic carbocycles. The van der Waals surface area contributed by atoms with Gasteiger partial charge in [-0.15, -0.1) is 0 Å². The van der Waals surface area contributed by atoms with E-state index in [2.05, 4.69) is 68.6 Å². The predicted octanol–water partition coefficient (Wildman–Crippen LogP) is 9.56. The topological polar surface area (TPSA) is 114 Å². The van der Waals surface area contributed by atoms with Gasteiger partial charge >= 0.3 is 0 Å². The number of rotatable bonds is 10. The molecular formula is C43H43N7. The van der Waals surface area contributed by atoms with Crippen molar-refractivity contribution in [3.8, 4) is 0 Å². The molecule has 0 amide bonds. The minimum atomic E-state index is 0.354. The Kier molecular flexibility index (Phi) is 11.3. The second kappa shape index (κ2) is 16.0. The maximum atomic E-state index is 8.03. The number of aryl methyl sites for hydroxylation is 1. The fraction of sp³-hybridized carbons (Fsp3) is 0.163. The predicted molar refractivity (Wildman–Crippen MR) is 213 cm³/mol. The molecular weight excluding hydrogens is 615 g/mol. The number of aromatic nitrogens is 4. The van der Waals surface area contributed by atoms with Crippen LogP contribution in [0.5, 0.6) is 0 Å². The van der Waals surface area contributed by atoms with Crippen molar-refractivity contribution in [3.63, 3.8) is 0 Å². The van der Waals surface area contributed by atoms with Gasteiger partial charge < -0.3 is 11.1 Å². The molecule has 7 heteroatoms. The van der Waals surface area contributed by atoms with Crippen molar-refractivity contribution in [3.05, 3.63) is 150 Å². The zero-order valence-electron chi connectivity index (χ0n) is 29.5. The molecule has 6 rings (SSSR count). The zero-order valence-corrected chi connectivity index (χ0v) is 29.5. The second-order valence-corrected chi connectivity index (χ2v) is 11.5. The first-order chi connectivity index (χ1) is 24.4. The average molecular weight is 658 g/mol. The second-order valence-electron chi connectivity index (χ2n) is 11.5. The van der Waals surface area contributed by atoms with E-state index in [1.807, 2.05) is 57.2 Å². The van der Waals surface area contributed by atoms with Crippen LogP contribution >= 0.6 is 0 Å². The lowest BCUT2D eigenvalue weighted by Gasteiger charge is -2.18. The summed E-state index contributed by atoms with van der Waals surface area (Å²) in [6, 6.07) is 27.0. The SMILES string of the molecule is C=C/C=C(\C=N)c1nc(C(=NC)c2ccccc2C(=C)c2nc3cccc(C)c3c3c2ccc2ccccc23)nc(/C(C)=C/CCN)n1.CC. The number of pyridine rings is 1. The van der Waals surface area contributed by atoms with Crippen LogP contribution in [0.4, 0.5) is 0 Å². The molecule has 50 heavy (non-hydrogen) atoms. The number of nitrogens with two attached hydrogens (primary N) is 1. The van der Waals surface area contributed by atoms with Gasteiger partial charge in [0.15, 0.2) is 17.5 Å². The normalized spacial score (nSPS) is 12.2. The van der Waals surface area contributed by atoms with Crippen molar-refractivity contribution in [2.24, 2.45) is 10.7 Å². The van der Waals surface area contributed by atoms with Crippen LogP contribution in [-0.2, 0) is 0 Å². The monoisotopic (exact) mass is 657 g/mol. The van der Waals surface area contributed by atoms with Crippen molar-refractivity contribution < 1.29 is 0 Å². The molecule has 0 aliphatic rings. The van der Waals surface area contributed by atoms with Crippen LogP contribution in [0.15, 0.2) is 115 Å². The Balaban J connectivity index is 0.00000239. The lowest BCUT2D eigenvalue weighted by molar-refractivity contribution is 0.963. The third-order valence-electron chi connectivity index (χ3n) is 8.46. The first-order valence-electron chi connectivity index (χ1n) is 16.8. The van der Waals surface area contributed by atoms with Gasteiger partial charge in [-0.05, 0) is 60.4 Å². The number of aliphatic imine (C=N–C) groups is 1. The Morgan fingerprint density at radius 3 is 2.24 bits per heavy atom. The van der Waals surface area contributed by atoms with E-state index in [9.17, 15) is 0 Å². The van der Waals surface area contributed by atoms with Crippen LogP contribution in [0.25, 0.3) is 49.2 Å². The summed E-state index contributed by atoms with van der Waals surface area (Å²) in [7, 11) is 1.73. The summed E-state index contributed by atoms with van der Waals surface area (Å²) in [6.07, 6.45) is 7.21. The fourth-order valence-electron chi connectivity index (χ4n) is 6.13. The quantitative estimate of drug-likeness (QED) is 0.0865. The molecule has 0 spiro atoms. The molecule has 0 fully saturated rings. The van der Waals surface area contributed by atoms with Gasteiger partial charge in [0.1, 0.15) is 5.71 Å². The molecule has 6 aromatic rings. The first kappa shape index (κ1) is 35.4. The van der Waals surface area contributed by atoms with Gasteiger partial charge in [-0.3, -0.25) is 4.99 Å². The summed E-state index contributed by atoms with van der Waals surface area (Å²) in [5, 5.41) is 13.7. The van der Waals surface area contributed by atoms with E-state index < -0.39 is 0 Å². The van der Waals surface area contributed by atoms with Gasteiger partial charge in [0.05, 0.1) is 11.2 Å². The number of fused-ring (bicyclic) bond motifs is 5. The maximum absolute atomic E-state index is 8.03. The van der Waals surface area contributed by atoms with Crippen LogP contribution in [0.1, 0.15) is 67.0 Å². The van der Waals surface area contributed by atoms with Gasteiger partial charge in [-0.1, -0.05) is 118 Å². The molecule has 3 N–H and O–H groups in total. The summed E-state index contributed by atoms with van der Waals surface area (Å²) in [6.45, 7) is 17.0. The summed E-state index contributed by atoms with van der Waals surface area (Å²) in [4.78, 5) is 24.4. The van der Waals surface area contributed by atoms with E-state index in [1.165, 1.54) is 22.6 Å². The van der Waals surface area contributed by atoms with Crippen molar-refractivity contribution in [1.29, 1.82) is 5.41 Å². The Morgan fingerprint density at radius 1 is 0.820 bits per heavy atom. The van der Waals surface area contributed by atoms with Crippen LogP contribution in [0.3, 0.4) is 0 Å². The Labute approximate surface area is 294 Å². The van der Waals surface area contributed by atoms with Crippen molar-refractivity contribution in [2.75, 3.05) is 13.6 Å². The fourth-order valence-corrected chi connectivity index (χ4v) is 6.13. The molecule has 0 aliphatic carbocycles. The van der Waals surface area contributed by atoms with Gasteiger partial charge in [0, 0.05) is 46.1 Å². The maximum Gasteiger partial charge on any atom is 0.182 e. The van der Waals surface area contributed by atoms with E-state index in [4.69, 9.17) is 36.1 Å². The average Bonchev–Trinajstić information content (AvgIpc) is 3.16. The zero-order chi connectivity index (χ0) is 35.8. The largest absolute Gasteiger partial charge is 0.330 e. The molecule has 0 aliphatic heterocycles. The summed E-state index contributed by atoms with van der Waals surface area (Å²) < 4.78 is 0. The highest BCUT2D eigenvalue weighted by atomic mass is 15.0. The summed E-state index contributed by atoms with van der Waals surface area (Å²) >= 11 is 0. The lowest BCUT2D eigenvalue weighted by Crippen LogP contribution is -2.16. The molecule has 0 saturated carbocycles. The molecule has 0 bridgehead atoms. The highest BCUT2D eigenvalue weighted by molar-refractivity contribution is 6.23. The number of allylic oxidation sites excluding steroid dienone is 4. The number of hydrogen-bond acceptors (Lipinski definition) is 7. The van der Waals surface area contributed by atoms with E-state index in [1.54, 1.807) is 19.2 Å². The van der Waals surface area contributed by atoms with Crippen LogP contribution < -0.4 is 5.73 Å². The Hall–Kier alpha value is -5.92. The number of nitrogens with one attached hydrogen (secondary N) is 1. The molecule has 0 atom stereocenters. The molecule has 0 saturated heterocycles. The Bertz CT molecular complexity index is 2340. The van der Waals surface area contributed by atoms with Gasteiger partial charge in [-0.2, -0.15) is 0 Å². The molecule has 0 radical (unpaired) electrons. The minimum Gasteiger partial charge on any atom is -0.330 e. The van der Waals surface area contributed by atoms with Crippen LogP contribution in [0, 0.1) is 12.3 Å². The van der Waals surface area contributed by atoms with Crippen LogP contribution in [0.2, 0.25) is 0 Å². The van der Waals surface area contributed by atoms with Gasteiger partial charge in [0.25, 0.3) is 0 Å². The van der Waals surface area contributed by atoms with E-state index >= 15 is 0 Å². The van der Waals surface area contributed by atoms with E-state index in [0.717, 1.165) is 49.6 Å². The molecule has 2 heterocycles. The van der Waals surface area contributed by atoms with E-state index in [-0.39, 0.29) is 0 Å². The number of hydrogen-bond donors (Lipinski definition) is 2. The highest BCUT2D eigenvalue weighted by Gasteiger charge is 2.22. The lowest BCUT2D eigenvalue weighted by atomic mass is 9.90. The van der Waals surface area contributed by atoms with Crippen molar-refractivity contribution >= 4 is 61.1 Å². The summed E-state index contributed by atoms with van der Waals surface area (Å²) in [5.41, 5.74) is 13.0. The molecule has 0 unspecified atom stereocenters. The Morgan fingerprint density at radius 2 is 1.52 bits per heavy atom. The van der Waals surface area contributed by atoms with Crippen molar-refractivity contribution in [2.45, 2.75) is 34.1 Å². The molecule has 2 aromatic heterocycles.